The fourth-order valence-corrected chi connectivity index (χ4v) is 1.45. The highest BCUT2D eigenvalue weighted by atomic mass is 35.5. The predicted octanol–water partition coefficient (Wildman–Crippen LogP) is 2.53. The number of rotatable bonds is 6. The molecule has 0 aliphatic heterocycles. The van der Waals surface area contributed by atoms with E-state index in [-0.39, 0.29) is 23.4 Å². The van der Waals surface area contributed by atoms with Gasteiger partial charge < -0.3 is 10.1 Å². The van der Waals surface area contributed by atoms with Gasteiger partial charge in [-0.15, -0.1) is 6.42 Å². The summed E-state index contributed by atoms with van der Waals surface area (Å²) in [7, 11) is 0. The van der Waals surface area contributed by atoms with E-state index < -0.39 is 0 Å². The third-order valence-electron chi connectivity index (χ3n) is 2.01. The molecule has 1 unspecified atom stereocenters. The van der Waals surface area contributed by atoms with Crippen LogP contribution in [-0.2, 0) is 0 Å². The number of halogens is 1. The van der Waals surface area contributed by atoms with Crippen molar-refractivity contribution in [1.82, 2.24) is 15.0 Å². The summed E-state index contributed by atoms with van der Waals surface area (Å²) in [4.78, 5) is 12.0. The van der Waals surface area contributed by atoms with E-state index in [1.54, 1.807) is 0 Å². The van der Waals surface area contributed by atoms with E-state index >= 15 is 0 Å². The summed E-state index contributed by atoms with van der Waals surface area (Å²) < 4.78 is 5.37. The molecule has 98 valence electrons. The zero-order chi connectivity index (χ0) is 13.5. The molecule has 0 aliphatic rings. The quantitative estimate of drug-likeness (QED) is 0.804. The van der Waals surface area contributed by atoms with Crippen LogP contribution in [0.25, 0.3) is 0 Å². The van der Waals surface area contributed by atoms with Gasteiger partial charge in [0.1, 0.15) is 0 Å². The van der Waals surface area contributed by atoms with Gasteiger partial charge in [0, 0.05) is 0 Å². The third-order valence-corrected chi connectivity index (χ3v) is 2.18. The zero-order valence-corrected chi connectivity index (χ0v) is 11.5. The van der Waals surface area contributed by atoms with E-state index in [1.165, 1.54) is 0 Å². The van der Waals surface area contributed by atoms with Crippen molar-refractivity contribution in [3.05, 3.63) is 5.28 Å². The van der Waals surface area contributed by atoms with Gasteiger partial charge in [-0.2, -0.15) is 15.0 Å². The van der Waals surface area contributed by atoms with Gasteiger partial charge in [-0.1, -0.05) is 19.3 Å². The van der Waals surface area contributed by atoms with E-state index in [4.69, 9.17) is 22.8 Å². The van der Waals surface area contributed by atoms with Crippen LogP contribution in [0.15, 0.2) is 0 Å². The summed E-state index contributed by atoms with van der Waals surface area (Å²) in [5, 5.41) is 3.10. The summed E-state index contributed by atoms with van der Waals surface area (Å²) in [5.74, 6) is 2.97. The molecule has 5 nitrogen and oxygen atoms in total. The van der Waals surface area contributed by atoms with E-state index in [9.17, 15) is 0 Å². The van der Waals surface area contributed by atoms with Gasteiger partial charge in [0.25, 0.3) is 0 Å². The third kappa shape index (κ3) is 4.76. The van der Waals surface area contributed by atoms with Crippen molar-refractivity contribution in [2.24, 2.45) is 0 Å². The lowest BCUT2D eigenvalue weighted by molar-refractivity contribution is 0.222. The van der Waals surface area contributed by atoms with Gasteiger partial charge in [-0.25, -0.2) is 0 Å². The minimum Gasteiger partial charge on any atom is -0.461 e. The smallest absolute Gasteiger partial charge is 0.322 e. The molecule has 1 N–H and O–H groups in total. The maximum atomic E-state index is 5.80. The molecule has 0 radical (unpaired) electrons. The lowest BCUT2D eigenvalue weighted by Gasteiger charge is -2.13. The van der Waals surface area contributed by atoms with Crippen molar-refractivity contribution in [3.63, 3.8) is 0 Å². The number of anilines is 1. The molecule has 0 spiro atoms. The fourth-order valence-electron chi connectivity index (χ4n) is 1.30. The van der Waals surface area contributed by atoms with E-state index in [1.807, 2.05) is 13.8 Å². The van der Waals surface area contributed by atoms with Crippen LogP contribution in [0, 0.1) is 12.3 Å². The molecule has 1 aromatic rings. The molecule has 0 aromatic carbocycles. The predicted molar refractivity (Wildman–Crippen MR) is 71.8 cm³/mol. The molecule has 0 fully saturated rings. The molecule has 0 amide bonds. The highest BCUT2D eigenvalue weighted by Gasteiger charge is 2.10. The van der Waals surface area contributed by atoms with E-state index in [2.05, 4.69) is 33.1 Å². The summed E-state index contributed by atoms with van der Waals surface area (Å²) in [6, 6.07) is 0.0696. The molecule has 6 heteroatoms. The van der Waals surface area contributed by atoms with Crippen LogP contribution in [0.2, 0.25) is 5.28 Å². The Labute approximate surface area is 112 Å². The highest BCUT2D eigenvalue weighted by Crippen LogP contribution is 2.14. The molecule has 1 heterocycles. The minimum absolute atomic E-state index is 0.0320. The number of terminal acetylenes is 1. The molecule has 1 rings (SSSR count). The van der Waals surface area contributed by atoms with Crippen LogP contribution >= 0.6 is 11.6 Å². The van der Waals surface area contributed by atoms with Crippen LogP contribution < -0.4 is 10.1 Å². The van der Waals surface area contributed by atoms with Crippen LogP contribution in [0.3, 0.4) is 0 Å². The number of hydrogen-bond acceptors (Lipinski definition) is 5. The summed E-state index contributed by atoms with van der Waals surface area (Å²) in [5.41, 5.74) is 0. The van der Waals surface area contributed by atoms with Crippen molar-refractivity contribution in [2.45, 2.75) is 45.8 Å². The number of hydrogen-bond donors (Lipinski definition) is 1. The highest BCUT2D eigenvalue weighted by molar-refractivity contribution is 6.28. The zero-order valence-electron chi connectivity index (χ0n) is 10.8. The Hall–Kier alpha value is -1.54. The van der Waals surface area contributed by atoms with Crippen molar-refractivity contribution in [2.75, 3.05) is 5.32 Å². The molecule has 0 saturated heterocycles. The Morgan fingerprint density at radius 1 is 1.39 bits per heavy atom. The summed E-state index contributed by atoms with van der Waals surface area (Å²) in [6.45, 7) is 5.82. The number of aromatic nitrogens is 3. The molecular formula is C12H17ClN4O. The maximum Gasteiger partial charge on any atom is 0.322 e. The van der Waals surface area contributed by atoms with Gasteiger partial charge in [-0.05, 0) is 31.9 Å². The standard InChI is InChI=1S/C12H17ClN4O/c1-5-7-9(6-2)14-11-15-10(13)16-12(17-11)18-8(3)4/h2,8-9H,5,7H2,1,3-4H3,(H,14,15,16,17). The minimum atomic E-state index is -0.125. The Morgan fingerprint density at radius 2 is 2.11 bits per heavy atom. The molecule has 1 atom stereocenters. The first-order chi connectivity index (χ1) is 8.55. The summed E-state index contributed by atoms with van der Waals surface area (Å²) in [6.07, 6.45) is 7.19. The first-order valence-corrected chi connectivity index (χ1v) is 6.23. The second kappa shape index (κ2) is 7.02. The first-order valence-electron chi connectivity index (χ1n) is 5.86. The van der Waals surface area contributed by atoms with Crippen LogP contribution in [0.1, 0.15) is 33.6 Å². The SMILES string of the molecule is C#CC(CCC)Nc1nc(Cl)nc(OC(C)C)n1. The average molecular weight is 269 g/mol. The Kier molecular flexibility index (Phi) is 5.66. The van der Waals surface area contributed by atoms with Gasteiger partial charge in [-0.3, -0.25) is 0 Å². The topological polar surface area (TPSA) is 59.9 Å². The van der Waals surface area contributed by atoms with Crippen molar-refractivity contribution in [3.8, 4) is 18.4 Å². The van der Waals surface area contributed by atoms with Gasteiger partial charge >= 0.3 is 6.01 Å². The number of ether oxygens (including phenoxy) is 1. The van der Waals surface area contributed by atoms with Crippen LogP contribution in [0.4, 0.5) is 5.95 Å². The second-order valence-electron chi connectivity index (χ2n) is 4.03. The van der Waals surface area contributed by atoms with Gasteiger partial charge in [0.2, 0.25) is 11.2 Å². The molecule has 0 saturated carbocycles. The maximum absolute atomic E-state index is 5.80. The monoisotopic (exact) mass is 268 g/mol. The summed E-state index contributed by atoms with van der Waals surface area (Å²) >= 11 is 5.80. The van der Waals surface area contributed by atoms with Crippen LogP contribution in [-0.4, -0.2) is 27.1 Å². The van der Waals surface area contributed by atoms with Gasteiger partial charge in [0.15, 0.2) is 0 Å². The first kappa shape index (κ1) is 14.5. The lowest BCUT2D eigenvalue weighted by atomic mass is 10.2. The van der Waals surface area contributed by atoms with Crippen LogP contribution in [0.5, 0.6) is 6.01 Å². The van der Waals surface area contributed by atoms with Gasteiger partial charge in [0.05, 0.1) is 12.1 Å². The van der Waals surface area contributed by atoms with E-state index in [0.29, 0.717) is 5.95 Å². The second-order valence-corrected chi connectivity index (χ2v) is 4.37. The fraction of sp³-hybridized carbons (Fsp3) is 0.583. The van der Waals surface area contributed by atoms with E-state index in [0.717, 1.165) is 12.8 Å². The average Bonchev–Trinajstić information content (AvgIpc) is 2.26. The Morgan fingerprint density at radius 3 is 2.67 bits per heavy atom. The molecule has 0 bridgehead atoms. The number of nitrogens with one attached hydrogen (secondary N) is 1. The largest absolute Gasteiger partial charge is 0.461 e. The normalized spacial score (nSPS) is 12.0. The van der Waals surface area contributed by atoms with Crippen molar-refractivity contribution >= 4 is 17.5 Å². The van der Waals surface area contributed by atoms with Crippen molar-refractivity contribution < 1.29 is 4.74 Å². The molecule has 18 heavy (non-hydrogen) atoms. The Balaban J connectivity index is 2.82. The molecule has 1 aromatic heterocycles. The lowest BCUT2D eigenvalue weighted by Crippen LogP contribution is -2.19. The molecule has 0 aliphatic carbocycles. The van der Waals surface area contributed by atoms with Crippen molar-refractivity contribution in [1.29, 1.82) is 0 Å². The Bertz CT molecular complexity index is 431. The number of nitrogens with zero attached hydrogens (tertiary/aromatic N) is 3. The molecular weight excluding hydrogens is 252 g/mol.